The van der Waals surface area contributed by atoms with E-state index in [1.807, 2.05) is 48.1 Å². The summed E-state index contributed by atoms with van der Waals surface area (Å²) in [6, 6.07) is 12.0. The average molecular weight is 265 g/mol. The molecule has 0 radical (unpaired) electrons. The van der Waals surface area contributed by atoms with Crippen LogP contribution in [0.1, 0.15) is 17.1 Å². The predicted molar refractivity (Wildman–Crippen MR) is 76.8 cm³/mol. The molecule has 20 heavy (non-hydrogen) atoms. The summed E-state index contributed by atoms with van der Waals surface area (Å²) in [5.41, 5.74) is 3.80. The van der Waals surface area contributed by atoms with Crippen LogP contribution in [0.25, 0.3) is 11.0 Å². The van der Waals surface area contributed by atoms with E-state index in [1.165, 1.54) is 0 Å². The van der Waals surface area contributed by atoms with Crippen LogP contribution in [-0.4, -0.2) is 14.5 Å². The smallest absolute Gasteiger partial charge is 0.121 e. The lowest BCUT2D eigenvalue weighted by Gasteiger charge is -1.99. The zero-order valence-corrected chi connectivity index (χ0v) is 11.2. The topological polar surface area (TPSA) is 69.4 Å². The number of benzene rings is 1. The molecule has 1 aromatic carbocycles. The molecule has 0 aliphatic rings. The van der Waals surface area contributed by atoms with Crippen LogP contribution in [0.5, 0.6) is 0 Å². The maximum atomic E-state index is 8.91. The van der Waals surface area contributed by atoms with Gasteiger partial charge in [0, 0.05) is 19.8 Å². The summed E-state index contributed by atoms with van der Waals surface area (Å²) in [4.78, 5) is 7.79. The molecule has 2 heterocycles. The molecular weight excluding hydrogens is 250 g/mol. The van der Waals surface area contributed by atoms with E-state index in [1.54, 1.807) is 0 Å². The number of aromatic amines is 1. The van der Waals surface area contributed by atoms with Crippen LogP contribution < -0.4 is 5.32 Å². The minimum absolute atomic E-state index is 0.672. The van der Waals surface area contributed by atoms with Gasteiger partial charge >= 0.3 is 0 Å². The van der Waals surface area contributed by atoms with Gasteiger partial charge in [-0.1, -0.05) is 12.1 Å². The van der Waals surface area contributed by atoms with Crippen molar-refractivity contribution in [2.24, 2.45) is 7.05 Å². The molecule has 0 bridgehead atoms. The van der Waals surface area contributed by atoms with Crippen molar-refractivity contribution in [1.29, 1.82) is 5.26 Å². The van der Waals surface area contributed by atoms with Crippen molar-refractivity contribution in [3.8, 4) is 6.07 Å². The Kier molecular flexibility index (Phi) is 3.23. The summed E-state index contributed by atoms with van der Waals surface area (Å²) in [7, 11) is 1.88. The number of aromatic nitrogens is 3. The molecule has 3 aromatic rings. The highest BCUT2D eigenvalue weighted by atomic mass is 15.0. The van der Waals surface area contributed by atoms with E-state index in [0.29, 0.717) is 18.8 Å². The molecule has 0 unspecified atom stereocenters. The Labute approximate surface area is 116 Å². The molecule has 5 nitrogen and oxygen atoms in total. The number of hydrogen-bond donors (Lipinski definition) is 2. The monoisotopic (exact) mass is 265 g/mol. The SMILES string of the molecule is Cn1cc(CNCc2nc3ccccc3[nH]2)cc1C#N. The number of aryl methyl sites for hydroxylation is 1. The Morgan fingerprint density at radius 1 is 1.35 bits per heavy atom. The second-order valence-electron chi connectivity index (χ2n) is 4.76. The Morgan fingerprint density at radius 3 is 2.95 bits per heavy atom. The molecule has 0 spiro atoms. The first kappa shape index (κ1) is 12.5. The minimum Gasteiger partial charge on any atom is -0.342 e. The van der Waals surface area contributed by atoms with Crippen molar-refractivity contribution in [3.63, 3.8) is 0 Å². The molecule has 100 valence electrons. The summed E-state index contributed by atoms with van der Waals surface area (Å²) in [6.45, 7) is 1.39. The van der Waals surface area contributed by atoms with Gasteiger partial charge in [0.05, 0.1) is 17.6 Å². The molecular formula is C15H15N5. The Balaban J connectivity index is 1.63. The van der Waals surface area contributed by atoms with Crippen LogP contribution in [0.4, 0.5) is 0 Å². The Morgan fingerprint density at radius 2 is 2.20 bits per heavy atom. The lowest BCUT2D eigenvalue weighted by Crippen LogP contribution is -2.13. The van der Waals surface area contributed by atoms with E-state index >= 15 is 0 Å². The van der Waals surface area contributed by atoms with E-state index in [2.05, 4.69) is 21.4 Å². The van der Waals surface area contributed by atoms with E-state index in [-0.39, 0.29) is 0 Å². The summed E-state index contributed by atoms with van der Waals surface area (Å²) < 4.78 is 1.83. The maximum Gasteiger partial charge on any atom is 0.121 e. The second kappa shape index (κ2) is 5.19. The predicted octanol–water partition coefficient (Wildman–Crippen LogP) is 2.06. The lowest BCUT2D eigenvalue weighted by atomic mass is 10.3. The van der Waals surface area contributed by atoms with Crippen molar-refractivity contribution in [2.75, 3.05) is 0 Å². The number of nitrogens with zero attached hydrogens (tertiary/aromatic N) is 3. The molecule has 2 aromatic heterocycles. The average Bonchev–Trinajstić information content (AvgIpc) is 3.01. The first-order valence-electron chi connectivity index (χ1n) is 6.46. The third-order valence-electron chi connectivity index (χ3n) is 3.24. The van der Waals surface area contributed by atoms with Crippen molar-refractivity contribution in [3.05, 3.63) is 53.6 Å². The fraction of sp³-hybridized carbons (Fsp3) is 0.200. The maximum absolute atomic E-state index is 8.91. The molecule has 2 N–H and O–H groups in total. The Hall–Kier alpha value is -2.58. The van der Waals surface area contributed by atoms with E-state index in [4.69, 9.17) is 5.26 Å². The number of imidazole rings is 1. The van der Waals surface area contributed by atoms with Gasteiger partial charge in [-0.15, -0.1) is 0 Å². The number of fused-ring (bicyclic) bond motifs is 1. The third kappa shape index (κ3) is 2.42. The normalized spacial score (nSPS) is 10.8. The number of H-pyrrole nitrogens is 1. The number of nitrogens with one attached hydrogen (secondary N) is 2. The summed E-state index contributed by atoms with van der Waals surface area (Å²) >= 11 is 0. The molecule has 0 aliphatic carbocycles. The third-order valence-corrected chi connectivity index (χ3v) is 3.24. The van der Waals surface area contributed by atoms with Gasteiger partial charge in [0.25, 0.3) is 0 Å². The fourth-order valence-corrected chi connectivity index (χ4v) is 2.26. The quantitative estimate of drug-likeness (QED) is 0.758. The van der Waals surface area contributed by atoms with Crippen LogP contribution in [0, 0.1) is 11.3 Å². The molecule has 0 fully saturated rings. The van der Waals surface area contributed by atoms with Gasteiger partial charge in [-0.3, -0.25) is 0 Å². The molecule has 5 heteroatoms. The van der Waals surface area contributed by atoms with Crippen molar-refractivity contribution >= 4 is 11.0 Å². The minimum atomic E-state index is 0.672. The number of hydrogen-bond acceptors (Lipinski definition) is 3. The van der Waals surface area contributed by atoms with E-state index < -0.39 is 0 Å². The molecule has 0 atom stereocenters. The number of rotatable bonds is 4. The van der Waals surface area contributed by atoms with Crippen LogP contribution in [0.3, 0.4) is 0 Å². The molecule has 0 saturated carbocycles. The van der Waals surface area contributed by atoms with Crippen LogP contribution in [0.2, 0.25) is 0 Å². The van der Waals surface area contributed by atoms with Crippen molar-refractivity contribution in [2.45, 2.75) is 13.1 Å². The van der Waals surface area contributed by atoms with Gasteiger partial charge < -0.3 is 14.9 Å². The van der Waals surface area contributed by atoms with Gasteiger partial charge in [0.1, 0.15) is 17.6 Å². The first-order chi connectivity index (χ1) is 9.76. The summed E-state index contributed by atoms with van der Waals surface area (Å²) in [5.74, 6) is 0.919. The summed E-state index contributed by atoms with van der Waals surface area (Å²) in [6.07, 6.45) is 1.96. The number of para-hydroxylation sites is 2. The van der Waals surface area contributed by atoms with Gasteiger partial charge in [0.2, 0.25) is 0 Å². The van der Waals surface area contributed by atoms with Crippen LogP contribution in [0.15, 0.2) is 36.5 Å². The first-order valence-corrected chi connectivity index (χ1v) is 6.46. The fourth-order valence-electron chi connectivity index (χ4n) is 2.26. The zero-order valence-electron chi connectivity index (χ0n) is 11.2. The lowest BCUT2D eigenvalue weighted by molar-refractivity contribution is 0.669. The number of nitriles is 1. The summed E-state index contributed by atoms with van der Waals surface area (Å²) in [5, 5.41) is 12.2. The molecule has 3 rings (SSSR count). The van der Waals surface area contributed by atoms with E-state index in [9.17, 15) is 0 Å². The van der Waals surface area contributed by atoms with Crippen molar-refractivity contribution in [1.82, 2.24) is 19.9 Å². The van der Waals surface area contributed by atoms with Gasteiger partial charge in [-0.25, -0.2) is 4.98 Å². The standard InChI is InChI=1S/C15H15N5/c1-20-10-11(6-12(20)7-16)8-17-9-15-18-13-4-2-3-5-14(13)19-15/h2-6,10,17H,8-9H2,1H3,(H,18,19). The van der Waals surface area contributed by atoms with Gasteiger partial charge in [-0.05, 0) is 23.8 Å². The zero-order chi connectivity index (χ0) is 13.9. The second-order valence-corrected chi connectivity index (χ2v) is 4.76. The highest BCUT2D eigenvalue weighted by molar-refractivity contribution is 5.74. The largest absolute Gasteiger partial charge is 0.342 e. The molecule has 0 amide bonds. The molecule has 0 saturated heterocycles. The van der Waals surface area contributed by atoms with Gasteiger partial charge in [0.15, 0.2) is 0 Å². The highest BCUT2D eigenvalue weighted by Crippen LogP contribution is 2.10. The van der Waals surface area contributed by atoms with E-state index in [0.717, 1.165) is 22.4 Å². The Bertz CT molecular complexity index is 742. The van der Waals surface area contributed by atoms with Crippen LogP contribution in [-0.2, 0) is 20.1 Å². The highest BCUT2D eigenvalue weighted by Gasteiger charge is 2.04. The van der Waals surface area contributed by atoms with Gasteiger partial charge in [-0.2, -0.15) is 5.26 Å². The van der Waals surface area contributed by atoms with Crippen LogP contribution >= 0.6 is 0 Å². The molecule has 0 aliphatic heterocycles. The van der Waals surface area contributed by atoms with Crippen molar-refractivity contribution < 1.29 is 0 Å².